The van der Waals surface area contributed by atoms with Crippen LogP contribution in [0.1, 0.15) is 5.56 Å². The van der Waals surface area contributed by atoms with Crippen LogP contribution in [0.15, 0.2) is 59.7 Å². The summed E-state index contributed by atoms with van der Waals surface area (Å²) >= 11 is 0. The zero-order valence-corrected chi connectivity index (χ0v) is 14.2. The van der Waals surface area contributed by atoms with E-state index >= 15 is 0 Å². The summed E-state index contributed by atoms with van der Waals surface area (Å²) in [7, 11) is 3.19. The molecular weight excluding hydrogens is 316 g/mol. The molecule has 0 unspecified atom stereocenters. The number of nitrogens with zero attached hydrogens (tertiary/aromatic N) is 2. The molecule has 25 heavy (non-hydrogen) atoms. The van der Waals surface area contributed by atoms with Crippen molar-refractivity contribution < 1.29 is 9.47 Å². The normalized spacial score (nSPS) is 11.4. The summed E-state index contributed by atoms with van der Waals surface area (Å²) in [6.45, 7) is 0.445. The summed E-state index contributed by atoms with van der Waals surface area (Å²) in [5.41, 5.74) is 8.74. The summed E-state index contributed by atoms with van der Waals surface area (Å²) in [6, 6.07) is 15.4. The molecule has 128 valence electrons. The molecule has 2 aromatic carbocycles. The topological polar surface area (TPSA) is 81.8 Å². The zero-order valence-electron chi connectivity index (χ0n) is 14.2. The molecule has 0 spiro atoms. The number of aliphatic imine (C=N–C) groups is 1. The Balaban J connectivity index is 1.76. The molecule has 3 N–H and O–H groups in total. The second kappa shape index (κ2) is 7.53. The van der Waals surface area contributed by atoms with Gasteiger partial charge >= 0.3 is 0 Å². The number of fused-ring (bicyclic) bond motifs is 1. The second-order valence-electron chi connectivity index (χ2n) is 5.39. The first-order valence-electron chi connectivity index (χ1n) is 7.83. The summed E-state index contributed by atoms with van der Waals surface area (Å²) < 4.78 is 10.5. The minimum absolute atomic E-state index is 0.320. The van der Waals surface area contributed by atoms with Gasteiger partial charge < -0.3 is 20.5 Å². The SMILES string of the molecule is COc1ccc(NC(N)=NCc2cccc3cccnc23)cc1OC. The highest BCUT2D eigenvalue weighted by Gasteiger charge is 2.05. The Labute approximate surface area is 146 Å². The Morgan fingerprint density at radius 2 is 1.88 bits per heavy atom. The summed E-state index contributed by atoms with van der Waals surface area (Å²) in [4.78, 5) is 8.83. The third kappa shape index (κ3) is 3.80. The molecule has 0 aliphatic heterocycles. The molecule has 3 rings (SSSR count). The number of guanidine groups is 1. The first-order chi connectivity index (χ1) is 12.2. The number of pyridine rings is 1. The van der Waals surface area contributed by atoms with Crippen molar-refractivity contribution in [2.24, 2.45) is 10.7 Å². The van der Waals surface area contributed by atoms with Crippen LogP contribution in [0.4, 0.5) is 5.69 Å². The van der Waals surface area contributed by atoms with E-state index in [1.165, 1.54) is 0 Å². The maximum atomic E-state index is 6.01. The maximum Gasteiger partial charge on any atom is 0.193 e. The minimum Gasteiger partial charge on any atom is -0.493 e. The Kier molecular flexibility index (Phi) is 4.99. The van der Waals surface area contributed by atoms with E-state index in [2.05, 4.69) is 15.3 Å². The molecule has 6 nitrogen and oxygen atoms in total. The van der Waals surface area contributed by atoms with E-state index in [9.17, 15) is 0 Å². The summed E-state index contributed by atoms with van der Waals surface area (Å²) in [5, 5.41) is 4.14. The largest absolute Gasteiger partial charge is 0.493 e. The van der Waals surface area contributed by atoms with Crippen LogP contribution in [0, 0.1) is 0 Å². The third-order valence-corrected chi connectivity index (χ3v) is 3.79. The lowest BCUT2D eigenvalue weighted by atomic mass is 10.1. The molecule has 1 aromatic heterocycles. The summed E-state index contributed by atoms with van der Waals surface area (Å²) in [6.07, 6.45) is 1.78. The number of methoxy groups -OCH3 is 2. The van der Waals surface area contributed by atoms with Crippen molar-refractivity contribution in [3.63, 3.8) is 0 Å². The van der Waals surface area contributed by atoms with Crippen molar-refractivity contribution in [3.05, 3.63) is 60.3 Å². The molecule has 1 heterocycles. The Bertz CT molecular complexity index is 904. The average Bonchev–Trinajstić information content (AvgIpc) is 2.66. The quantitative estimate of drug-likeness (QED) is 0.552. The molecule has 0 saturated carbocycles. The Morgan fingerprint density at radius 3 is 2.68 bits per heavy atom. The van der Waals surface area contributed by atoms with Crippen molar-refractivity contribution in [1.29, 1.82) is 0 Å². The monoisotopic (exact) mass is 336 g/mol. The fourth-order valence-corrected chi connectivity index (χ4v) is 2.57. The van der Waals surface area contributed by atoms with Crippen LogP contribution in [0.25, 0.3) is 10.9 Å². The zero-order chi connectivity index (χ0) is 17.6. The lowest BCUT2D eigenvalue weighted by molar-refractivity contribution is 0.355. The van der Waals surface area contributed by atoms with Gasteiger partial charge in [-0.1, -0.05) is 24.3 Å². The van der Waals surface area contributed by atoms with Gasteiger partial charge in [-0.3, -0.25) is 4.98 Å². The number of nitrogens with one attached hydrogen (secondary N) is 1. The maximum absolute atomic E-state index is 6.01. The van der Waals surface area contributed by atoms with Gasteiger partial charge in [0.25, 0.3) is 0 Å². The molecule has 0 radical (unpaired) electrons. The van der Waals surface area contributed by atoms with Crippen LogP contribution in [-0.4, -0.2) is 25.2 Å². The fraction of sp³-hybridized carbons (Fsp3) is 0.158. The predicted octanol–water partition coefficient (Wildman–Crippen LogP) is 3.18. The van der Waals surface area contributed by atoms with Crippen molar-refractivity contribution >= 4 is 22.5 Å². The van der Waals surface area contributed by atoms with Crippen LogP contribution in [-0.2, 0) is 6.54 Å². The number of hydrogen-bond acceptors (Lipinski definition) is 4. The van der Waals surface area contributed by atoms with E-state index in [1.807, 2.05) is 42.5 Å². The lowest BCUT2D eigenvalue weighted by Crippen LogP contribution is -2.22. The molecule has 0 aliphatic carbocycles. The van der Waals surface area contributed by atoms with Gasteiger partial charge in [0.2, 0.25) is 0 Å². The number of ether oxygens (including phenoxy) is 2. The van der Waals surface area contributed by atoms with Gasteiger partial charge in [0.05, 0.1) is 26.3 Å². The van der Waals surface area contributed by atoms with Gasteiger partial charge in [-0.25, -0.2) is 4.99 Å². The highest BCUT2D eigenvalue weighted by molar-refractivity contribution is 5.92. The number of nitrogens with two attached hydrogens (primary N) is 1. The first kappa shape index (κ1) is 16.6. The van der Waals surface area contributed by atoms with E-state index in [0.717, 1.165) is 22.2 Å². The lowest BCUT2D eigenvalue weighted by Gasteiger charge is -2.11. The van der Waals surface area contributed by atoms with Crippen LogP contribution >= 0.6 is 0 Å². The van der Waals surface area contributed by atoms with E-state index in [4.69, 9.17) is 15.2 Å². The van der Waals surface area contributed by atoms with E-state index in [-0.39, 0.29) is 0 Å². The van der Waals surface area contributed by atoms with Crippen molar-refractivity contribution in [1.82, 2.24) is 4.98 Å². The van der Waals surface area contributed by atoms with Gasteiger partial charge in [-0.2, -0.15) is 0 Å². The minimum atomic E-state index is 0.320. The third-order valence-electron chi connectivity index (χ3n) is 3.79. The molecule has 0 atom stereocenters. The van der Waals surface area contributed by atoms with Crippen molar-refractivity contribution in [2.45, 2.75) is 6.54 Å². The smallest absolute Gasteiger partial charge is 0.193 e. The highest BCUT2D eigenvalue weighted by Crippen LogP contribution is 2.29. The molecule has 0 saturated heterocycles. The predicted molar refractivity (Wildman–Crippen MR) is 100 cm³/mol. The summed E-state index contributed by atoms with van der Waals surface area (Å²) in [5.74, 6) is 1.60. The molecule has 3 aromatic rings. The number of anilines is 1. The van der Waals surface area contributed by atoms with Crippen LogP contribution in [0.2, 0.25) is 0 Å². The Morgan fingerprint density at radius 1 is 1.08 bits per heavy atom. The fourth-order valence-electron chi connectivity index (χ4n) is 2.57. The van der Waals surface area contributed by atoms with Gasteiger partial charge in [-0.05, 0) is 23.8 Å². The van der Waals surface area contributed by atoms with E-state index in [1.54, 1.807) is 26.5 Å². The highest BCUT2D eigenvalue weighted by atomic mass is 16.5. The number of hydrogen-bond donors (Lipinski definition) is 2. The molecule has 0 fully saturated rings. The molecular formula is C19H20N4O2. The van der Waals surface area contributed by atoms with Gasteiger partial charge in [0, 0.05) is 23.3 Å². The first-order valence-corrected chi connectivity index (χ1v) is 7.83. The van der Waals surface area contributed by atoms with Crippen molar-refractivity contribution in [2.75, 3.05) is 19.5 Å². The molecule has 0 amide bonds. The van der Waals surface area contributed by atoms with Gasteiger partial charge in [0.1, 0.15) is 0 Å². The molecule has 6 heteroatoms. The van der Waals surface area contributed by atoms with E-state index in [0.29, 0.717) is 24.0 Å². The van der Waals surface area contributed by atoms with Gasteiger partial charge in [-0.15, -0.1) is 0 Å². The van der Waals surface area contributed by atoms with Crippen LogP contribution < -0.4 is 20.5 Å². The Hall–Kier alpha value is -3.28. The second-order valence-corrected chi connectivity index (χ2v) is 5.39. The van der Waals surface area contributed by atoms with E-state index < -0.39 is 0 Å². The van der Waals surface area contributed by atoms with Crippen LogP contribution in [0.3, 0.4) is 0 Å². The molecule has 0 bridgehead atoms. The number of para-hydroxylation sites is 1. The van der Waals surface area contributed by atoms with Crippen LogP contribution in [0.5, 0.6) is 11.5 Å². The number of rotatable bonds is 5. The standard InChI is InChI=1S/C19H20N4O2/c1-24-16-9-8-15(11-17(16)25-2)23-19(20)22-12-14-6-3-5-13-7-4-10-21-18(13)14/h3-11H,12H2,1-2H3,(H3,20,22,23). The molecule has 0 aliphatic rings. The van der Waals surface area contributed by atoms with Crippen molar-refractivity contribution in [3.8, 4) is 11.5 Å². The number of benzene rings is 2. The average molecular weight is 336 g/mol. The van der Waals surface area contributed by atoms with Gasteiger partial charge in [0.15, 0.2) is 17.5 Å². The number of aromatic nitrogens is 1.